The molecule has 8 heteroatoms. The molecule has 3 aromatic rings. The van der Waals surface area contributed by atoms with Crippen LogP contribution in [0.15, 0.2) is 57.7 Å². The van der Waals surface area contributed by atoms with Crippen LogP contribution in [-0.4, -0.2) is 18.1 Å². The molecule has 0 fully saturated rings. The first-order valence-corrected chi connectivity index (χ1v) is 10.2. The van der Waals surface area contributed by atoms with Crippen molar-refractivity contribution in [3.63, 3.8) is 0 Å². The van der Waals surface area contributed by atoms with Crippen molar-refractivity contribution < 1.29 is 23.5 Å². The van der Waals surface area contributed by atoms with Crippen molar-refractivity contribution in [3.8, 4) is 5.75 Å². The monoisotopic (exact) mass is 443 g/mol. The summed E-state index contributed by atoms with van der Waals surface area (Å²) in [6.45, 7) is 3.71. The molecule has 3 rings (SSSR count). The predicted octanol–water partition coefficient (Wildman–Crippen LogP) is 4.76. The molecule has 0 aliphatic rings. The second kappa shape index (κ2) is 10.1. The van der Waals surface area contributed by atoms with Gasteiger partial charge in [0.1, 0.15) is 18.2 Å². The van der Waals surface area contributed by atoms with Gasteiger partial charge in [-0.15, -0.1) is 0 Å². The maximum absolute atomic E-state index is 12.7. The molecule has 1 aromatic heterocycles. The van der Waals surface area contributed by atoms with Crippen LogP contribution in [0.1, 0.15) is 30.9 Å². The zero-order valence-electron chi connectivity index (χ0n) is 17.1. The van der Waals surface area contributed by atoms with Crippen molar-refractivity contribution in [2.45, 2.75) is 39.3 Å². The smallest absolute Gasteiger partial charge is 0.408 e. The van der Waals surface area contributed by atoms with Gasteiger partial charge in [0.25, 0.3) is 0 Å². The van der Waals surface area contributed by atoms with E-state index in [9.17, 15) is 14.4 Å². The minimum absolute atomic E-state index is 0.0356. The van der Waals surface area contributed by atoms with E-state index < -0.39 is 23.7 Å². The highest BCUT2D eigenvalue weighted by Crippen LogP contribution is 2.31. The van der Waals surface area contributed by atoms with E-state index in [-0.39, 0.29) is 23.0 Å². The average molecular weight is 444 g/mol. The molecule has 0 unspecified atom stereocenters. The van der Waals surface area contributed by atoms with Crippen LogP contribution in [0.4, 0.5) is 4.79 Å². The maximum Gasteiger partial charge on any atom is 0.408 e. The van der Waals surface area contributed by atoms with Gasteiger partial charge in [0, 0.05) is 17.5 Å². The first-order valence-electron chi connectivity index (χ1n) is 9.80. The van der Waals surface area contributed by atoms with Gasteiger partial charge in [0.15, 0.2) is 5.75 Å². The van der Waals surface area contributed by atoms with E-state index in [0.717, 1.165) is 5.56 Å². The van der Waals surface area contributed by atoms with E-state index in [1.807, 2.05) is 37.3 Å². The van der Waals surface area contributed by atoms with Crippen molar-refractivity contribution in [1.82, 2.24) is 5.32 Å². The lowest BCUT2D eigenvalue weighted by molar-refractivity contribution is -0.136. The highest BCUT2D eigenvalue weighted by atomic mass is 35.5. The normalized spacial score (nSPS) is 11.7. The fraction of sp³-hybridized carbons (Fsp3) is 0.261. The molecule has 1 amide bonds. The summed E-state index contributed by atoms with van der Waals surface area (Å²) in [5.41, 5.74) is 1.25. The number of rotatable bonds is 7. The van der Waals surface area contributed by atoms with E-state index in [1.165, 1.54) is 12.1 Å². The van der Waals surface area contributed by atoms with E-state index in [2.05, 4.69) is 5.32 Å². The number of esters is 1. The maximum atomic E-state index is 12.7. The van der Waals surface area contributed by atoms with E-state index >= 15 is 0 Å². The average Bonchev–Trinajstić information content (AvgIpc) is 2.74. The molecule has 1 N–H and O–H groups in total. The first-order chi connectivity index (χ1) is 14.9. The first kappa shape index (κ1) is 22.4. The lowest BCUT2D eigenvalue weighted by atomic mass is 10.1. The lowest BCUT2D eigenvalue weighted by Crippen LogP contribution is -2.43. The Kier molecular flexibility index (Phi) is 7.31. The standard InChI is InChI=1S/C23H22ClNO6/c1-3-7-18(25-23(28)29-13-15-8-5-4-6-9-15)22(27)31-20-12-19-16(11-17(20)24)14(2)10-21(26)30-19/h4-6,8-12,18H,3,7,13H2,1-2H3,(H,25,28)/t18-/m0/s1. The van der Waals surface area contributed by atoms with Crippen molar-refractivity contribution in [2.24, 2.45) is 0 Å². The zero-order valence-corrected chi connectivity index (χ0v) is 17.9. The van der Waals surface area contributed by atoms with Crippen molar-refractivity contribution >= 4 is 34.6 Å². The molecule has 0 aliphatic heterocycles. The number of halogens is 1. The summed E-state index contributed by atoms with van der Waals surface area (Å²) in [6.07, 6.45) is 0.238. The van der Waals surface area contributed by atoms with Crippen LogP contribution in [0.3, 0.4) is 0 Å². The molecule has 0 bridgehead atoms. The summed E-state index contributed by atoms with van der Waals surface area (Å²) in [7, 11) is 0. The number of alkyl carbamates (subject to hydrolysis) is 1. The molecule has 1 heterocycles. The molecule has 0 saturated heterocycles. The lowest BCUT2D eigenvalue weighted by Gasteiger charge is -2.17. The van der Waals surface area contributed by atoms with Gasteiger partial charge in [-0.3, -0.25) is 0 Å². The Morgan fingerprint density at radius 1 is 1.16 bits per heavy atom. The number of carbonyl (C=O) groups excluding carboxylic acids is 2. The van der Waals surface area contributed by atoms with Gasteiger partial charge < -0.3 is 19.2 Å². The Balaban J connectivity index is 1.70. The number of amides is 1. The van der Waals surface area contributed by atoms with Crippen LogP contribution in [-0.2, 0) is 16.1 Å². The Bertz CT molecular complexity index is 1140. The fourth-order valence-electron chi connectivity index (χ4n) is 3.02. The quantitative estimate of drug-likeness (QED) is 0.321. The molecule has 1 atom stereocenters. The van der Waals surface area contributed by atoms with E-state index in [4.69, 9.17) is 25.5 Å². The predicted molar refractivity (Wildman–Crippen MR) is 116 cm³/mol. The summed E-state index contributed by atoms with van der Waals surface area (Å²) >= 11 is 6.26. The summed E-state index contributed by atoms with van der Waals surface area (Å²) in [6, 6.07) is 12.6. The summed E-state index contributed by atoms with van der Waals surface area (Å²) in [5, 5.41) is 3.35. The van der Waals surface area contributed by atoms with Crippen molar-refractivity contribution in [1.29, 1.82) is 0 Å². The molecule has 31 heavy (non-hydrogen) atoms. The second-order valence-corrected chi connectivity index (χ2v) is 7.40. The second-order valence-electron chi connectivity index (χ2n) is 7.00. The number of fused-ring (bicyclic) bond motifs is 1. The van der Waals surface area contributed by atoms with Crippen molar-refractivity contribution in [2.75, 3.05) is 0 Å². The Hall–Kier alpha value is -3.32. The third-order valence-corrected chi connectivity index (χ3v) is 4.88. The molecule has 0 saturated carbocycles. The molecule has 0 spiro atoms. The van der Waals surface area contributed by atoms with Crippen LogP contribution in [0, 0.1) is 6.92 Å². The molecule has 0 radical (unpaired) electrons. The van der Waals surface area contributed by atoms with Gasteiger partial charge >= 0.3 is 17.7 Å². The van der Waals surface area contributed by atoms with Crippen LogP contribution in [0.5, 0.6) is 5.75 Å². The largest absolute Gasteiger partial charge is 0.445 e. The van der Waals surface area contributed by atoms with Gasteiger partial charge in [-0.25, -0.2) is 14.4 Å². The Labute approximate surface area is 183 Å². The molecule has 2 aromatic carbocycles. The number of aryl methyl sites for hydroxylation is 1. The van der Waals surface area contributed by atoms with Gasteiger partial charge in [-0.1, -0.05) is 55.3 Å². The number of nitrogens with one attached hydrogen (secondary N) is 1. The summed E-state index contributed by atoms with van der Waals surface area (Å²) < 4.78 is 15.8. The molecule has 0 aliphatic carbocycles. The number of hydrogen-bond acceptors (Lipinski definition) is 6. The van der Waals surface area contributed by atoms with Crippen molar-refractivity contribution in [3.05, 3.63) is 75.1 Å². The summed E-state index contributed by atoms with van der Waals surface area (Å²) in [5.74, 6) is -0.664. The molecule has 7 nitrogen and oxygen atoms in total. The van der Waals surface area contributed by atoms with E-state index in [1.54, 1.807) is 13.0 Å². The Morgan fingerprint density at radius 3 is 2.61 bits per heavy atom. The van der Waals surface area contributed by atoms with Crippen LogP contribution < -0.4 is 15.7 Å². The van der Waals surface area contributed by atoms with Gasteiger partial charge in [-0.05, 0) is 30.5 Å². The number of carbonyl (C=O) groups is 2. The van der Waals surface area contributed by atoms with Gasteiger partial charge in [0.2, 0.25) is 0 Å². The minimum atomic E-state index is -0.926. The minimum Gasteiger partial charge on any atom is -0.445 e. The molecular formula is C23H22ClNO6. The Morgan fingerprint density at radius 2 is 1.90 bits per heavy atom. The SMILES string of the molecule is CCC[C@H](NC(=O)OCc1ccccc1)C(=O)Oc1cc2oc(=O)cc(C)c2cc1Cl. The zero-order chi connectivity index (χ0) is 22.4. The topological polar surface area (TPSA) is 94.8 Å². The highest BCUT2D eigenvalue weighted by molar-refractivity contribution is 6.33. The van der Waals surface area contributed by atoms with Crippen LogP contribution in [0.25, 0.3) is 11.0 Å². The molecule has 162 valence electrons. The fourth-order valence-corrected chi connectivity index (χ4v) is 3.22. The van der Waals surface area contributed by atoms with Gasteiger partial charge in [-0.2, -0.15) is 0 Å². The van der Waals surface area contributed by atoms with Crippen LogP contribution >= 0.6 is 11.6 Å². The highest BCUT2D eigenvalue weighted by Gasteiger charge is 2.24. The number of hydrogen-bond donors (Lipinski definition) is 1. The summed E-state index contributed by atoms with van der Waals surface area (Å²) in [4.78, 5) is 36.5. The van der Waals surface area contributed by atoms with Gasteiger partial charge in [0.05, 0.1) is 5.02 Å². The number of ether oxygens (including phenoxy) is 2. The number of benzene rings is 2. The van der Waals surface area contributed by atoms with Crippen LogP contribution in [0.2, 0.25) is 5.02 Å². The molecular weight excluding hydrogens is 422 g/mol. The third-order valence-electron chi connectivity index (χ3n) is 4.58. The third kappa shape index (κ3) is 5.86. The van der Waals surface area contributed by atoms with E-state index in [0.29, 0.717) is 23.8 Å².